The van der Waals surface area contributed by atoms with E-state index in [0.29, 0.717) is 29.3 Å². The number of rotatable bonds is 8. The Balaban J connectivity index is 2.00. The van der Waals surface area contributed by atoms with Gasteiger partial charge in [0, 0.05) is 33.6 Å². The molecule has 0 aromatic heterocycles. The van der Waals surface area contributed by atoms with Crippen molar-refractivity contribution < 1.29 is 27.8 Å². The average molecular weight is 506 g/mol. The van der Waals surface area contributed by atoms with Crippen molar-refractivity contribution in [3.63, 3.8) is 0 Å². The number of ether oxygens (including phenoxy) is 2. The van der Waals surface area contributed by atoms with E-state index in [1.807, 2.05) is 32.0 Å². The van der Waals surface area contributed by atoms with Gasteiger partial charge in [-0.15, -0.1) is 0 Å². The van der Waals surface area contributed by atoms with Crippen LogP contribution in [0.25, 0.3) is 0 Å². The molecule has 0 unspecified atom stereocenters. The Hall–Kier alpha value is -2.82. The van der Waals surface area contributed by atoms with Crippen LogP contribution >= 0.6 is 0 Å². The Bertz CT molecular complexity index is 1140. The van der Waals surface area contributed by atoms with Crippen LogP contribution in [0.2, 0.25) is 0 Å². The molecule has 1 heterocycles. The number of methoxy groups -OCH3 is 1. The summed E-state index contributed by atoms with van der Waals surface area (Å²) in [7, 11) is 2.96. The first kappa shape index (κ1) is 26.8. The zero-order chi connectivity index (χ0) is 25.9. The molecule has 10 heteroatoms. The number of sulfonamides is 1. The molecule has 9 nitrogen and oxygen atoms in total. The molecule has 3 atom stereocenters. The van der Waals surface area contributed by atoms with Crippen LogP contribution in [0, 0.1) is 5.92 Å². The molecule has 2 aromatic rings. The standard InChI is InChI=1S/C25H35N3O6S/c1-17-14-28(18(2)16-29)25(30)21-8-7-9-22(26(3)4)24(21)34-23(17)15-27(5)35(31,32)20-12-10-19(33-6)11-13-20/h7-13,17-18,23,29H,14-16H2,1-6H3/t17-,18+,23+/m0/s1. The van der Waals surface area contributed by atoms with Crippen LogP contribution < -0.4 is 14.4 Å². The van der Waals surface area contributed by atoms with Gasteiger partial charge in [0.15, 0.2) is 5.75 Å². The van der Waals surface area contributed by atoms with Crippen LogP contribution in [-0.4, -0.2) is 88.7 Å². The lowest BCUT2D eigenvalue weighted by Crippen LogP contribution is -2.50. The van der Waals surface area contributed by atoms with Gasteiger partial charge in [-0.05, 0) is 43.3 Å². The van der Waals surface area contributed by atoms with Crippen LogP contribution in [-0.2, 0) is 10.0 Å². The Kier molecular flexibility index (Phi) is 8.30. The summed E-state index contributed by atoms with van der Waals surface area (Å²) in [4.78, 5) is 17.1. The quantitative estimate of drug-likeness (QED) is 0.588. The van der Waals surface area contributed by atoms with Crippen LogP contribution in [0.4, 0.5) is 5.69 Å². The first-order valence-corrected chi connectivity index (χ1v) is 12.9. The molecule has 3 rings (SSSR count). The second kappa shape index (κ2) is 10.8. The SMILES string of the molecule is COc1ccc(S(=O)(=O)N(C)C[C@H]2Oc3c(cccc3N(C)C)C(=O)N([C@H](C)CO)C[C@@H]2C)cc1. The van der Waals surface area contributed by atoms with Crippen LogP contribution in [0.1, 0.15) is 24.2 Å². The van der Waals surface area contributed by atoms with Crippen molar-refractivity contribution in [2.45, 2.75) is 30.9 Å². The number of para-hydroxylation sites is 1. The number of aliphatic hydroxyl groups excluding tert-OH is 1. The summed E-state index contributed by atoms with van der Waals surface area (Å²) >= 11 is 0. The topological polar surface area (TPSA) is 99.6 Å². The lowest BCUT2D eigenvalue weighted by atomic mass is 9.99. The van der Waals surface area contributed by atoms with Crippen molar-refractivity contribution in [3.05, 3.63) is 48.0 Å². The zero-order valence-corrected chi connectivity index (χ0v) is 21.9. The number of carbonyl (C=O) groups is 1. The van der Waals surface area contributed by atoms with E-state index >= 15 is 0 Å². The molecule has 0 saturated carbocycles. The molecule has 0 bridgehead atoms. The van der Waals surface area contributed by atoms with Gasteiger partial charge in [0.05, 0.1) is 42.4 Å². The van der Waals surface area contributed by atoms with E-state index in [2.05, 4.69) is 0 Å². The number of amides is 1. The van der Waals surface area contributed by atoms with E-state index in [-0.39, 0.29) is 29.9 Å². The predicted octanol–water partition coefficient (Wildman–Crippen LogP) is 2.30. The summed E-state index contributed by atoms with van der Waals surface area (Å²) in [6, 6.07) is 11.2. The second-order valence-electron chi connectivity index (χ2n) is 9.13. The fraction of sp³-hybridized carbons (Fsp3) is 0.480. The molecule has 1 aliphatic heterocycles. The Labute approximate surface area is 207 Å². The fourth-order valence-electron chi connectivity index (χ4n) is 4.08. The lowest BCUT2D eigenvalue weighted by Gasteiger charge is -2.38. The maximum absolute atomic E-state index is 13.4. The summed E-state index contributed by atoms with van der Waals surface area (Å²) < 4.78 is 39.4. The van der Waals surface area contributed by atoms with E-state index in [9.17, 15) is 18.3 Å². The molecule has 0 aliphatic carbocycles. The number of aliphatic hydroxyl groups is 1. The largest absolute Gasteiger partial charge is 0.497 e. The highest BCUT2D eigenvalue weighted by Crippen LogP contribution is 2.36. The highest BCUT2D eigenvalue weighted by Gasteiger charge is 2.36. The first-order chi connectivity index (χ1) is 16.5. The Morgan fingerprint density at radius 3 is 2.40 bits per heavy atom. The Morgan fingerprint density at radius 2 is 1.83 bits per heavy atom. The molecule has 0 radical (unpaired) electrons. The molecule has 1 N–H and O–H groups in total. The number of carbonyl (C=O) groups excluding carboxylic acids is 1. The first-order valence-electron chi connectivity index (χ1n) is 11.5. The third kappa shape index (κ3) is 5.55. The summed E-state index contributed by atoms with van der Waals surface area (Å²) in [5.41, 5.74) is 1.10. The minimum atomic E-state index is -3.79. The lowest BCUT2D eigenvalue weighted by molar-refractivity contribution is 0.0388. The third-order valence-electron chi connectivity index (χ3n) is 6.36. The number of nitrogens with zero attached hydrogens (tertiary/aromatic N) is 3. The molecule has 1 aliphatic rings. The van der Waals surface area contributed by atoms with Gasteiger partial charge < -0.3 is 24.4 Å². The highest BCUT2D eigenvalue weighted by atomic mass is 32.2. The maximum atomic E-state index is 13.4. The molecule has 0 spiro atoms. The number of fused-ring (bicyclic) bond motifs is 1. The maximum Gasteiger partial charge on any atom is 0.258 e. The minimum Gasteiger partial charge on any atom is -0.497 e. The number of anilines is 1. The van der Waals surface area contributed by atoms with E-state index in [1.54, 1.807) is 36.1 Å². The summed E-state index contributed by atoms with van der Waals surface area (Å²) in [6.07, 6.45) is -0.547. The second-order valence-corrected chi connectivity index (χ2v) is 11.2. The van der Waals surface area contributed by atoms with Crippen molar-refractivity contribution in [1.29, 1.82) is 0 Å². The monoisotopic (exact) mass is 505 g/mol. The van der Waals surface area contributed by atoms with Crippen molar-refractivity contribution in [3.8, 4) is 11.5 Å². The van der Waals surface area contributed by atoms with Gasteiger partial charge in [-0.3, -0.25) is 4.79 Å². The minimum absolute atomic E-state index is 0.0757. The van der Waals surface area contributed by atoms with Crippen LogP contribution in [0.3, 0.4) is 0 Å². The van der Waals surface area contributed by atoms with E-state index in [4.69, 9.17) is 9.47 Å². The fourth-order valence-corrected chi connectivity index (χ4v) is 5.26. The number of benzene rings is 2. The molecule has 192 valence electrons. The molecule has 0 fully saturated rings. The van der Waals surface area contributed by atoms with Gasteiger partial charge in [0.1, 0.15) is 11.9 Å². The highest BCUT2D eigenvalue weighted by molar-refractivity contribution is 7.89. The van der Waals surface area contributed by atoms with Gasteiger partial charge in [-0.25, -0.2) is 8.42 Å². The normalized spacial score (nSPS) is 19.4. The predicted molar refractivity (Wildman–Crippen MR) is 135 cm³/mol. The summed E-state index contributed by atoms with van der Waals surface area (Å²) in [5, 5.41) is 9.80. The van der Waals surface area contributed by atoms with Crippen molar-refractivity contribution in [2.75, 3.05) is 52.8 Å². The average Bonchev–Trinajstić information content (AvgIpc) is 2.84. The molecule has 2 aromatic carbocycles. The molecule has 1 amide bonds. The molecular formula is C25H35N3O6S. The summed E-state index contributed by atoms with van der Waals surface area (Å²) in [5.74, 6) is 0.531. The van der Waals surface area contributed by atoms with Crippen LogP contribution in [0.15, 0.2) is 47.4 Å². The van der Waals surface area contributed by atoms with E-state index in [1.165, 1.54) is 30.6 Å². The van der Waals surface area contributed by atoms with Gasteiger partial charge in [-0.1, -0.05) is 13.0 Å². The smallest absolute Gasteiger partial charge is 0.258 e. The van der Waals surface area contributed by atoms with Crippen molar-refractivity contribution in [1.82, 2.24) is 9.21 Å². The van der Waals surface area contributed by atoms with Gasteiger partial charge in [0.25, 0.3) is 5.91 Å². The van der Waals surface area contributed by atoms with Gasteiger partial charge >= 0.3 is 0 Å². The molecular weight excluding hydrogens is 470 g/mol. The van der Waals surface area contributed by atoms with Crippen molar-refractivity contribution in [2.24, 2.45) is 5.92 Å². The zero-order valence-electron chi connectivity index (χ0n) is 21.1. The summed E-state index contributed by atoms with van der Waals surface area (Å²) in [6.45, 7) is 3.92. The number of hydrogen-bond donors (Lipinski definition) is 1. The Morgan fingerprint density at radius 1 is 1.17 bits per heavy atom. The number of likely N-dealkylation sites (N-methyl/N-ethyl adjacent to an activating group) is 1. The van der Waals surface area contributed by atoms with Gasteiger partial charge in [-0.2, -0.15) is 4.31 Å². The molecule has 35 heavy (non-hydrogen) atoms. The van der Waals surface area contributed by atoms with E-state index in [0.717, 1.165) is 0 Å². The molecule has 0 saturated heterocycles. The van der Waals surface area contributed by atoms with Crippen molar-refractivity contribution >= 4 is 21.6 Å². The number of hydrogen-bond acceptors (Lipinski definition) is 7. The van der Waals surface area contributed by atoms with Crippen LogP contribution in [0.5, 0.6) is 11.5 Å². The van der Waals surface area contributed by atoms with E-state index < -0.39 is 22.2 Å². The van der Waals surface area contributed by atoms with Gasteiger partial charge in [0.2, 0.25) is 10.0 Å². The third-order valence-corrected chi connectivity index (χ3v) is 8.19.